The maximum absolute atomic E-state index is 6.09. The average Bonchev–Trinajstić information content (AvgIpc) is 2.89. The van der Waals surface area contributed by atoms with E-state index in [4.69, 9.17) is 4.74 Å². The molecular formula is C19H33NO. The molecule has 0 aromatic rings. The van der Waals surface area contributed by atoms with Crippen LogP contribution in [0.15, 0.2) is 0 Å². The van der Waals surface area contributed by atoms with E-state index >= 15 is 0 Å². The van der Waals surface area contributed by atoms with Gasteiger partial charge >= 0.3 is 0 Å². The molecule has 0 radical (unpaired) electrons. The molecule has 1 aliphatic heterocycles. The molecule has 4 fully saturated rings. The summed E-state index contributed by atoms with van der Waals surface area (Å²) >= 11 is 0. The highest BCUT2D eigenvalue weighted by molar-refractivity contribution is 5.17. The van der Waals surface area contributed by atoms with Crippen molar-refractivity contribution in [2.75, 3.05) is 6.61 Å². The van der Waals surface area contributed by atoms with Gasteiger partial charge < -0.3 is 10.1 Å². The molecule has 4 rings (SSSR count). The van der Waals surface area contributed by atoms with Crippen LogP contribution in [-0.2, 0) is 4.74 Å². The van der Waals surface area contributed by atoms with Crippen LogP contribution in [0.5, 0.6) is 0 Å². The van der Waals surface area contributed by atoms with Crippen LogP contribution in [0.25, 0.3) is 0 Å². The van der Waals surface area contributed by atoms with Crippen LogP contribution in [0.2, 0.25) is 0 Å². The molecule has 21 heavy (non-hydrogen) atoms. The van der Waals surface area contributed by atoms with Crippen LogP contribution in [0, 0.1) is 28.1 Å². The Morgan fingerprint density at radius 3 is 2.43 bits per heavy atom. The molecule has 0 spiro atoms. The zero-order valence-corrected chi connectivity index (χ0v) is 14.5. The summed E-state index contributed by atoms with van der Waals surface area (Å²) in [5.74, 6) is 1.69. The topological polar surface area (TPSA) is 21.3 Å². The molecule has 1 saturated heterocycles. The smallest absolute Gasteiger partial charge is 0.0684 e. The monoisotopic (exact) mass is 291 g/mol. The van der Waals surface area contributed by atoms with E-state index in [2.05, 4.69) is 39.9 Å². The van der Waals surface area contributed by atoms with Crippen LogP contribution in [0.1, 0.15) is 66.7 Å². The third kappa shape index (κ3) is 1.78. The quantitative estimate of drug-likeness (QED) is 0.830. The van der Waals surface area contributed by atoms with Crippen molar-refractivity contribution in [3.63, 3.8) is 0 Å². The second kappa shape index (κ2) is 4.26. The second-order valence-corrected chi connectivity index (χ2v) is 9.91. The summed E-state index contributed by atoms with van der Waals surface area (Å²) in [6.45, 7) is 13.4. The Hall–Kier alpha value is -0.0800. The van der Waals surface area contributed by atoms with E-state index in [0.717, 1.165) is 18.4 Å². The Morgan fingerprint density at radius 1 is 1.00 bits per heavy atom. The number of fused-ring (bicyclic) bond motifs is 3. The summed E-state index contributed by atoms with van der Waals surface area (Å²) in [4.78, 5) is 0. The first-order valence-electron chi connectivity index (χ1n) is 9.14. The van der Waals surface area contributed by atoms with Gasteiger partial charge in [-0.05, 0) is 48.9 Å². The van der Waals surface area contributed by atoms with E-state index < -0.39 is 0 Å². The molecule has 0 amide bonds. The van der Waals surface area contributed by atoms with E-state index in [1.165, 1.54) is 32.1 Å². The van der Waals surface area contributed by atoms with Crippen LogP contribution in [-0.4, -0.2) is 24.8 Å². The number of ether oxygens (including phenoxy) is 1. The lowest BCUT2D eigenvalue weighted by Crippen LogP contribution is -2.72. The zero-order chi connectivity index (χ0) is 15.0. The molecule has 6 unspecified atom stereocenters. The van der Waals surface area contributed by atoms with Gasteiger partial charge in [0.2, 0.25) is 0 Å². The van der Waals surface area contributed by atoms with Crippen LogP contribution >= 0.6 is 0 Å². The summed E-state index contributed by atoms with van der Waals surface area (Å²) in [5.41, 5.74) is 1.30. The molecule has 2 heteroatoms. The van der Waals surface area contributed by atoms with Gasteiger partial charge in [-0.2, -0.15) is 0 Å². The van der Waals surface area contributed by atoms with Crippen molar-refractivity contribution < 1.29 is 4.74 Å². The Labute approximate surface area is 130 Å². The number of rotatable bonds is 2. The van der Waals surface area contributed by atoms with Gasteiger partial charge in [-0.3, -0.25) is 0 Å². The first-order chi connectivity index (χ1) is 9.77. The molecule has 1 N–H and O–H groups in total. The van der Waals surface area contributed by atoms with E-state index in [0.29, 0.717) is 34.4 Å². The van der Waals surface area contributed by atoms with Crippen LogP contribution < -0.4 is 5.32 Å². The first kappa shape index (κ1) is 14.5. The molecule has 4 aliphatic rings. The fraction of sp³-hybridized carbons (Fsp3) is 1.00. The van der Waals surface area contributed by atoms with E-state index in [-0.39, 0.29) is 0 Å². The van der Waals surface area contributed by atoms with Gasteiger partial charge in [-0.25, -0.2) is 0 Å². The number of hydrogen-bond acceptors (Lipinski definition) is 2. The number of hydrogen-bond donors (Lipinski definition) is 1. The van der Waals surface area contributed by atoms with Crippen LogP contribution in [0.4, 0.5) is 0 Å². The van der Waals surface area contributed by atoms with Crippen molar-refractivity contribution >= 4 is 0 Å². The molecule has 2 nitrogen and oxygen atoms in total. The molecule has 0 aromatic carbocycles. The summed E-state index contributed by atoms with van der Waals surface area (Å²) < 4.78 is 6.09. The van der Waals surface area contributed by atoms with Crippen molar-refractivity contribution in [3.05, 3.63) is 0 Å². The van der Waals surface area contributed by atoms with Crippen molar-refractivity contribution in [3.8, 4) is 0 Å². The summed E-state index contributed by atoms with van der Waals surface area (Å²) in [6.07, 6.45) is 7.43. The third-order valence-electron chi connectivity index (χ3n) is 7.95. The Kier molecular flexibility index (Phi) is 2.94. The highest BCUT2D eigenvalue weighted by Crippen LogP contribution is 2.63. The Morgan fingerprint density at radius 2 is 1.76 bits per heavy atom. The average molecular weight is 291 g/mol. The Balaban J connectivity index is 1.56. The number of nitrogens with one attached hydrogen (secondary N) is 1. The van der Waals surface area contributed by atoms with Gasteiger partial charge in [0, 0.05) is 30.0 Å². The normalized spacial score (nSPS) is 53.3. The van der Waals surface area contributed by atoms with E-state index in [1.54, 1.807) is 0 Å². The van der Waals surface area contributed by atoms with E-state index in [9.17, 15) is 0 Å². The second-order valence-electron chi connectivity index (χ2n) is 9.91. The highest BCUT2D eigenvalue weighted by Gasteiger charge is 2.64. The van der Waals surface area contributed by atoms with Gasteiger partial charge in [0.15, 0.2) is 0 Å². The fourth-order valence-corrected chi connectivity index (χ4v) is 6.76. The molecule has 3 saturated carbocycles. The van der Waals surface area contributed by atoms with E-state index in [1.807, 2.05) is 0 Å². The molecule has 2 bridgehead atoms. The predicted molar refractivity (Wildman–Crippen MR) is 86.2 cm³/mol. The standard InChI is InChI=1S/C19H33NO/c1-17(2)12-8-9-19(5,11-12)16(17)20-14-13-7-6-10-21-15(13)18(14,3)4/h12-16,20H,6-11H2,1-5H3. The van der Waals surface area contributed by atoms with Crippen LogP contribution in [0.3, 0.4) is 0 Å². The zero-order valence-electron chi connectivity index (χ0n) is 14.5. The van der Waals surface area contributed by atoms with Crippen molar-refractivity contribution in [1.29, 1.82) is 0 Å². The minimum absolute atomic E-state index is 0.305. The SMILES string of the molecule is CC12CCC(C1)C(C)(C)C2NC1C2CCCOC2C1(C)C. The van der Waals surface area contributed by atoms with Crippen molar-refractivity contribution in [2.24, 2.45) is 28.1 Å². The van der Waals surface area contributed by atoms with Crippen molar-refractivity contribution in [2.45, 2.75) is 84.9 Å². The summed E-state index contributed by atoms with van der Waals surface area (Å²) in [5, 5.41) is 4.19. The van der Waals surface area contributed by atoms with Gasteiger partial charge in [0.05, 0.1) is 6.10 Å². The lowest BCUT2D eigenvalue weighted by Gasteiger charge is -2.62. The lowest BCUT2D eigenvalue weighted by molar-refractivity contribution is -0.198. The minimum atomic E-state index is 0.305. The maximum atomic E-state index is 6.09. The van der Waals surface area contributed by atoms with Gasteiger partial charge in [-0.1, -0.05) is 34.6 Å². The molecule has 3 aliphatic carbocycles. The molecule has 120 valence electrons. The highest BCUT2D eigenvalue weighted by atomic mass is 16.5. The fourth-order valence-electron chi connectivity index (χ4n) is 6.76. The molecule has 0 aromatic heterocycles. The summed E-state index contributed by atoms with van der Waals surface area (Å²) in [7, 11) is 0. The molecular weight excluding hydrogens is 258 g/mol. The predicted octanol–water partition coefficient (Wildman–Crippen LogP) is 3.99. The first-order valence-corrected chi connectivity index (χ1v) is 9.14. The van der Waals surface area contributed by atoms with Gasteiger partial charge in [0.1, 0.15) is 0 Å². The summed E-state index contributed by atoms with van der Waals surface area (Å²) in [6, 6.07) is 1.35. The lowest BCUT2D eigenvalue weighted by atomic mass is 9.54. The molecule has 1 heterocycles. The maximum Gasteiger partial charge on any atom is 0.0684 e. The van der Waals surface area contributed by atoms with Gasteiger partial charge in [-0.15, -0.1) is 0 Å². The largest absolute Gasteiger partial charge is 0.377 e. The Bertz CT molecular complexity index is 438. The van der Waals surface area contributed by atoms with Crippen molar-refractivity contribution in [1.82, 2.24) is 5.32 Å². The minimum Gasteiger partial charge on any atom is -0.377 e. The third-order valence-corrected chi connectivity index (χ3v) is 7.95. The molecule has 6 atom stereocenters. The van der Waals surface area contributed by atoms with Gasteiger partial charge in [0.25, 0.3) is 0 Å².